The normalized spacial score (nSPS) is 23.9. The Labute approximate surface area is 103 Å². The van der Waals surface area contributed by atoms with Gasteiger partial charge in [-0.15, -0.1) is 0 Å². The third kappa shape index (κ3) is 2.42. The third-order valence-electron chi connectivity index (χ3n) is 3.79. The number of rotatable bonds is 3. The molecule has 1 aliphatic rings. The molecule has 1 aromatic rings. The van der Waals surface area contributed by atoms with Gasteiger partial charge in [0.05, 0.1) is 0 Å². The Bertz CT molecular complexity index is 408. The maximum atomic E-state index is 12.3. The fraction of sp³-hybridized carbons (Fsp3) is 0.533. The lowest BCUT2D eigenvalue weighted by Gasteiger charge is -2.22. The maximum absolute atomic E-state index is 12.3. The minimum absolute atomic E-state index is 0.215. The highest BCUT2D eigenvalue weighted by atomic mass is 16.5. The molecule has 0 N–H and O–H groups in total. The predicted molar refractivity (Wildman–Crippen MR) is 68.2 cm³/mol. The second-order valence-electron chi connectivity index (χ2n) is 5.15. The van der Waals surface area contributed by atoms with E-state index in [2.05, 4.69) is 26.0 Å². The summed E-state index contributed by atoms with van der Waals surface area (Å²) in [5, 5.41) is 0. The number of Topliss-reactive ketones (excluding diaryl/α,β-unsaturated/α-hetero) is 1. The molecular weight excluding hydrogens is 212 g/mol. The van der Waals surface area contributed by atoms with Crippen LogP contribution in [0.5, 0.6) is 0 Å². The van der Waals surface area contributed by atoms with Crippen LogP contribution in [0.25, 0.3) is 0 Å². The van der Waals surface area contributed by atoms with E-state index in [4.69, 9.17) is 4.74 Å². The van der Waals surface area contributed by atoms with Gasteiger partial charge in [0.15, 0.2) is 5.78 Å². The zero-order chi connectivity index (χ0) is 12.5. The zero-order valence-electron chi connectivity index (χ0n) is 10.9. The lowest BCUT2D eigenvalue weighted by atomic mass is 9.89. The zero-order valence-corrected chi connectivity index (χ0v) is 10.9. The molecule has 0 amide bonds. The topological polar surface area (TPSA) is 26.3 Å². The first-order chi connectivity index (χ1) is 8.03. The summed E-state index contributed by atoms with van der Waals surface area (Å²) in [6, 6.07) is 6.16. The lowest BCUT2D eigenvalue weighted by molar-refractivity contribution is -0.136. The Morgan fingerprint density at radius 1 is 1.35 bits per heavy atom. The molecule has 2 nitrogen and oxygen atoms in total. The molecule has 1 aromatic carbocycles. The summed E-state index contributed by atoms with van der Waals surface area (Å²) in [7, 11) is 0. The molecule has 0 aromatic heterocycles. The Kier molecular flexibility index (Phi) is 3.34. The molecule has 1 aliphatic heterocycles. The van der Waals surface area contributed by atoms with E-state index in [-0.39, 0.29) is 5.78 Å². The van der Waals surface area contributed by atoms with Gasteiger partial charge in [0.2, 0.25) is 0 Å². The Balaban J connectivity index is 2.18. The van der Waals surface area contributed by atoms with E-state index in [0.29, 0.717) is 6.42 Å². The van der Waals surface area contributed by atoms with Gasteiger partial charge in [-0.1, -0.05) is 18.2 Å². The van der Waals surface area contributed by atoms with Gasteiger partial charge in [0.25, 0.3) is 0 Å². The monoisotopic (exact) mass is 232 g/mol. The highest BCUT2D eigenvalue weighted by molar-refractivity contribution is 5.89. The molecule has 0 radical (unpaired) electrons. The van der Waals surface area contributed by atoms with Crippen LogP contribution in [-0.2, 0) is 16.0 Å². The first-order valence-corrected chi connectivity index (χ1v) is 6.25. The van der Waals surface area contributed by atoms with E-state index in [1.54, 1.807) is 0 Å². The van der Waals surface area contributed by atoms with E-state index < -0.39 is 5.60 Å². The largest absolute Gasteiger partial charge is 0.367 e. The first kappa shape index (κ1) is 12.3. The molecule has 1 fully saturated rings. The predicted octanol–water partition coefficient (Wildman–Crippen LogP) is 2.98. The van der Waals surface area contributed by atoms with E-state index in [0.717, 1.165) is 25.0 Å². The number of hydrogen-bond donors (Lipinski definition) is 0. The molecule has 0 aliphatic carbocycles. The molecule has 2 heteroatoms. The van der Waals surface area contributed by atoms with Gasteiger partial charge >= 0.3 is 0 Å². The van der Waals surface area contributed by atoms with Crippen molar-refractivity contribution in [1.82, 2.24) is 0 Å². The van der Waals surface area contributed by atoms with Crippen molar-refractivity contribution in [3.63, 3.8) is 0 Å². The smallest absolute Gasteiger partial charge is 0.168 e. The van der Waals surface area contributed by atoms with Crippen LogP contribution in [0.1, 0.15) is 36.5 Å². The van der Waals surface area contributed by atoms with Crippen molar-refractivity contribution >= 4 is 5.78 Å². The van der Waals surface area contributed by atoms with Crippen molar-refractivity contribution in [3.05, 3.63) is 34.9 Å². The summed E-state index contributed by atoms with van der Waals surface area (Å²) in [4.78, 5) is 12.3. The molecule has 2 rings (SSSR count). The van der Waals surface area contributed by atoms with E-state index in [1.165, 1.54) is 11.1 Å². The second-order valence-corrected chi connectivity index (χ2v) is 5.15. The van der Waals surface area contributed by atoms with E-state index in [1.807, 2.05) is 13.0 Å². The second kappa shape index (κ2) is 4.61. The number of carbonyl (C=O) groups excluding carboxylic acids is 1. The highest BCUT2D eigenvalue weighted by Crippen LogP contribution is 2.28. The first-order valence-electron chi connectivity index (χ1n) is 6.25. The molecular formula is C15H20O2. The van der Waals surface area contributed by atoms with Crippen LogP contribution in [-0.4, -0.2) is 18.0 Å². The lowest BCUT2D eigenvalue weighted by Crippen LogP contribution is -2.35. The maximum Gasteiger partial charge on any atom is 0.168 e. The van der Waals surface area contributed by atoms with Crippen molar-refractivity contribution < 1.29 is 9.53 Å². The number of benzene rings is 1. The fourth-order valence-corrected chi connectivity index (χ4v) is 2.47. The van der Waals surface area contributed by atoms with Crippen molar-refractivity contribution in [2.75, 3.05) is 6.61 Å². The van der Waals surface area contributed by atoms with Crippen LogP contribution in [0.15, 0.2) is 18.2 Å². The molecule has 17 heavy (non-hydrogen) atoms. The summed E-state index contributed by atoms with van der Waals surface area (Å²) >= 11 is 0. The third-order valence-corrected chi connectivity index (χ3v) is 3.79. The molecule has 92 valence electrons. The van der Waals surface area contributed by atoms with Gasteiger partial charge in [-0.25, -0.2) is 0 Å². The number of hydrogen-bond acceptors (Lipinski definition) is 2. The number of aryl methyl sites for hydroxylation is 2. The number of ether oxygens (including phenoxy) is 1. The molecule has 1 atom stereocenters. The standard InChI is InChI=1S/C15H20O2/c1-11-6-4-7-12(2)13(11)10-14(16)15(3)8-5-9-17-15/h4,6-7H,5,8-10H2,1-3H3. The van der Waals surface area contributed by atoms with Gasteiger partial charge in [-0.2, -0.15) is 0 Å². The van der Waals surface area contributed by atoms with Crippen LogP contribution < -0.4 is 0 Å². The Morgan fingerprint density at radius 2 is 2.00 bits per heavy atom. The average molecular weight is 232 g/mol. The van der Waals surface area contributed by atoms with Gasteiger partial charge < -0.3 is 4.74 Å². The fourth-order valence-electron chi connectivity index (χ4n) is 2.47. The van der Waals surface area contributed by atoms with Crippen molar-refractivity contribution in [2.45, 2.75) is 45.6 Å². The van der Waals surface area contributed by atoms with Gasteiger partial charge in [-0.05, 0) is 50.3 Å². The van der Waals surface area contributed by atoms with Gasteiger partial charge in [0.1, 0.15) is 5.60 Å². The summed E-state index contributed by atoms with van der Waals surface area (Å²) < 4.78 is 5.60. The van der Waals surface area contributed by atoms with Crippen LogP contribution in [0.4, 0.5) is 0 Å². The molecule has 1 unspecified atom stereocenters. The number of carbonyl (C=O) groups is 1. The highest BCUT2D eigenvalue weighted by Gasteiger charge is 2.37. The summed E-state index contributed by atoms with van der Waals surface area (Å²) in [5.74, 6) is 0.215. The summed E-state index contributed by atoms with van der Waals surface area (Å²) in [6.07, 6.45) is 2.35. The molecule has 0 saturated carbocycles. The molecule has 0 bridgehead atoms. The van der Waals surface area contributed by atoms with Crippen LogP contribution in [0, 0.1) is 13.8 Å². The summed E-state index contributed by atoms with van der Waals surface area (Å²) in [5.41, 5.74) is 3.00. The molecule has 1 saturated heterocycles. The van der Waals surface area contributed by atoms with Crippen LogP contribution in [0.2, 0.25) is 0 Å². The van der Waals surface area contributed by atoms with E-state index >= 15 is 0 Å². The van der Waals surface area contributed by atoms with Crippen molar-refractivity contribution in [3.8, 4) is 0 Å². The van der Waals surface area contributed by atoms with Gasteiger partial charge in [-0.3, -0.25) is 4.79 Å². The average Bonchev–Trinajstić information content (AvgIpc) is 2.72. The van der Waals surface area contributed by atoms with Crippen molar-refractivity contribution in [1.29, 1.82) is 0 Å². The SMILES string of the molecule is Cc1cccc(C)c1CC(=O)C1(C)CCCO1. The molecule has 1 heterocycles. The van der Waals surface area contributed by atoms with Gasteiger partial charge in [0, 0.05) is 13.0 Å². The minimum Gasteiger partial charge on any atom is -0.367 e. The van der Waals surface area contributed by atoms with Crippen LogP contribution in [0.3, 0.4) is 0 Å². The van der Waals surface area contributed by atoms with Crippen LogP contribution >= 0.6 is 0 Å². The Hall–Kier alpha value is -1.15. The quantitative estimate of drug-likeness (QED) is 0.801. The van der Waals surface area contributed by atoms with E-state index in [9.17, 15) is 4.79 Å². The number of ketones is 1. The molecule has 0 spiro atoms. The summed E-state index contributed by atoms with van der Waals surface area (Å²) in [6.45, 7) is 6.77. The minimum atomic E-state index is -0.547. The Morgan fingerprint density at radius 3 is 2.53 bits per heavy atom. The van der Waals surface area contributed by atoms with Crippen molar-refractivity contribution in [2.24, 2.45) is 0 Å².